The molecule has 0 saturated carbocycles. The fourth-order valence-corrected chi connectivity index (χ4v) is 1.44. The summed E-state index contributed by atoms with van der Waals surface area (Å²) in [5, 5.41) is 7.06. The largest absolute Gasteiger partial charge is 0.370 e. The maximum atomic E-state index is 5.74. The Kier molecular flexibility index (Phi) is 9.62. The van der Waals surface area contributed by atoms with Crippen LogP contribution in [0.5, 0.6) is 0 Å². The Hall–Kier alpha value is -0.860. The molecular formula is C11H23IN6. The second kappa shape index (κ2) is 10.1. The lowest BCUT2D eigenvalue weighted by Crippen LogP contribution is -2.32. The Balaban J connectivity index is 0.00000289. The van der Waals surface area contributed by atoms with Crippen LogP contribution in [-0.2, 0) is 13.6 Å². The van der Waals surface area contributed by atoms with Crippen molar-refractivity contribution in [2.24, 2.45) is 17.8 Å². The van der Waals surface area contributed by atoms with Gasteiger partial charge in [-0.25, -0.2) is 9.98 Å². The SMILES string of the molecule is CCCCCCNC(N)=NCc1ncnn1C.I. The van der Waals surface area contributed by atoms with Crippen molar-refractivity contribution in [3.8, 4) is 0 Å². The van der Waals surface area contributed by atoms with Gasteiger partial charge in [0.2, 0.25) is 0 Å². The first-order valence-corrected chi connectivity index (χ1v) is 6.10. The van der Waals surface area contributed by atoms with Crippen LogP contribution in [0.15, 0.2) is 11.3 Å². The molecule has 7 heteroatoms. The van der Waals surface area contributed by atoms with Gasteiger partial charge in [0.05, 0.1) is 0 Å². The van der Waals surface area contributed by atoms with Crippen LogP contribution in [0.25, 0.3) is 0 Å². The Bertz CT molecular complexity index is 349. The minimum absolute atomic E-state index is 0. The predicted molar refractivity (Wildman–Crippen MR) is 83.9 cm³/mol. The summed E-state index contributed by atoms with van der Waals surface area (Å²) in [7, 11) is 1.84. The van der Waals surface area contributed by atoms with Crippen LogP contribution < -0.4 is 11.1 Å². The van der Waals surface area contributed by atoms with E-state index in [-0.39, 0.29) is 24.0 Å². The quantitative estimate of drug-likeness (QED) is 0.331. The highest BCUT2D eigenvalue weighted by molar-refractivity contribution is 14.0. The van der Waals surface area contributed by atoms with Crippen LogP contribution in [0.1, 0.15) is 38.4 Å². The summed E-state index contributed by atoms with van der Waals surface area (Å²) in [6.07, 6.45) is 6.40. The lowest BCUT2D eigenvalue weighted by molar-refractivity contribution is 0.651. The molecule has 0 aliphatic rings. The van der Waals surface area contributed by atoms with E-state index in [0.29, 0.717) is 12.5 Å². The highest BCUT2D eigenvalue weighted by Crippen LogP contribution is 1.97. The molecule has 0 bridgehead atoms. The summed E-state index contributed by atoms with van der Waals surface area (Å²) in [6.45, 7) is 3.54. The number of guanidine groups is 1. The number of hydrogen-bond donors (Lipinski definition) is 2. The normalized spacial score (nSPS) is 11.1. The molecule has 0 unspecified atom stereocenters. The van der Waals surface area contributed by atoms with Crippen molar-refractivity contribution in [2.45, 2.75) is 39.2 Å². The molecule has 0 radical (unpaired) electrons. The van der Waals surface area contributed by atoms with Crippen LogP contribution in [0.2, 0.25) is 0 Å². The number of nitrogens with zero attached hydrogens (tertiary/aromatic N) is 4. The first-order valence-electron chi connectivity index (χ1n) is 6.10. The third-order valence-corrected chi connectivity index (χ3v) is 2.53. The molecule has 18 heavy (non-hydrogen) atoms. The van der Waals surface area contributed by atoms with Gasteiger partial charge >= 0.3 is 0 Å². The van der Waals surface area contributed by atoms with E-state index in [2.05, 4.69) is 27.3 Å². The fraction of sp³-hybridized carbons (Fsp3) is 0.727. The van der Waals surface area contributed by atoms with Gasteiger partial charge in [-0.1, -0.05) is 26.2 Å². The monoisotopic (exact) mass is 366 g/mol. The molecule has 0 amide bonds. The third-order valence-electron chi connectivity index (χ3n) is 2.53. The van der Waals surface area contributed by atoms with Crippen LogP contribution in [-0.4, -0.2) is 27.3 Å². The highest BCUT2D eigenvalue weighted by atomic mass is 127. The number of unbranched alkanes of at least 4 members (excludes halogenated alkanes) is 3. The van der Waals surface area contributed by atoms with E-state index >= 15 is 0 Å². The Labute approximate surface area is 125 Å². The molecule has 0 aliphatic heterocycles. The standard InChI is InChI=1S/C11H22N6.HI/c1-3-4-5-6-7-13-11(12)14-8-10-15-9-16-17(10)2;/h9H,3-8H2,1-2H3,(H3,12,13,14);1H. The molecule has 1 aromatic rings. The molecule has 104 valence electrons. The van der Waals surface area contributed by atoms with E-state index in [4.69, 9.17) is 5.73 Å². The van der Waals surface area contributed by atoms with Crippen molar-refractivity contribution in [2.75, 3.05) is 6.54 Å². The number of hydrogen-bond acceptors (Lipinski definition) is 3. The maximum Gasteiger partial charge on any atom is 0.189 e. The van der Waals surface area contributed by atoms with Gasteiger partial charge in [0, 0.05) is 13.6 Å². The van der Waals surface area contributed by atoms with Gasteiger partial charge in [0.1, 0.15) is 18.7 Å². The summed E-state index contributed by atoms with van der Waals surface area (Å²) in [6, 6.07) is 0. The predicted octanol–water partition coefficient (Wildman–Crippen LogP) is 1.42. The molecule has 0 atom stereocenters. The van der Waals surface area contributed by atoms with Gasteiger partial charge in [0.15, 0.2) is 5.96 Å². The number of aliphatic imine (C=N–C) groups is 1. The van der Waals surface area contributed by atoms with Gasteiger partial charge in [-0.2, -0.15) is 5.10 Å². The Morgan fingerprint density at radius 2 is 2.22 bits per heavy atom. The lowest BCUT2D eigenvalue weighted by Gasteiger charge is -2.04. The topological polar surface area (TPSA) is 81.1 Å². The average molecular weight is 366 g/mol. The van der Waals surface area contributed by atoms with Gasteiger partial charge in [-0.05, 0) is 6.42 Å². The smallest absolute Gasteiger partial charge is 0.189 e. The molecule has 1 heterocycles. The molecular weight excluding hydrogens is 343 g/mol. The van der Waals surface area contributed by atoms with Crippen molar-refractivity contribution in [3.63, 3.8) is 0 Å². The number of nitrogens with one attached hydrogen (secondary N) is 1. The zero-order valence-corrected chi connectivity index (χ0v) is 13.4. The molecule has 1 rings (SSSR count). The number of rotatable bonds is 7. The summed E-state index contributed by atoms with van der Waals surface area (Å²) in [5.41, 5.74) is 5.74. The summed E-state index contributed by atoms with van der Waals surface area (Å²) in [4.78, 5) is 8.28. The van der Waals surface area contributed by atoms with E-state index in [0.717, 1.165) is 18.8 Å². The van der Waals surface area contributed by atoms with Crippen molar-refractivity contribution in [1.29, 1.82) is 0 Å². The van der Waals surface area contributed by atoms with Crippen molar-refractivity contribution < 1.29 is 0 Å². The minimum atomic E-state index is 0. The van der Waals surface area contributed by atoms with E-state index in [1.165, 1.54) is 25.6 Å². The van der Waals surface area contributed by atoms with Crippen LogP contribution in [0, 0.1) is 0 Å². The minimum Gasteiger partial charge on any atom is -0.370 e. The zero-order valence-electron chi connectivity index (χ0n) is 11.1. The van der Waals surface area contributed by atoms with Crippen molar-refractivity contribution in [3.05, 3.63) is 12.2 Å². The Morgan fingerprint density at radius 1 is 1.44 bits per heavy atom. The van der Waals surface area contributed by atoms with Crippen LogP contribution in [0.3, 0.4) is 0 Å². The highest BCUT2D eigenvalue weighted by Gasteiger charge is 1.98. The van der Waals surface area contributed by atoms with Crippen molar-refractivity contribution in [1.82, 2.24) is 20.1 Å². The number of halogens is 1. The summed E-state index contributed by atoms with van der Waals surface area (Å²) >= 11 is 0. The molecule has 0 aromatic carbocycles. The van der Waals surface area contributed by atoms with Gasteiger partial charge in [0.25, 0.3) is 0 Å². The lowest BCUT2D eigenvalue weighted by atomic mass is 10.2. The average Bonchev–Trinajstić information content (AvgIpc) is 2.72. The van der Waals surface area contributed by atoms with E-state index in [1.807, 2.05) is 7.05 Å². The van der Waals surface area contributed by atoms with Gasteiger partial charge in [-0.15, -0.1) is 24.0 Å². The van der Waals surface area contributed by atoms with Crippen LogP contribution in [0.4, 0.5) is 0 Å². The van der Waals surface area contributed by atoms with E-state index < -0.39 is 0 Å². The number of aryl methyl sites for hydroxylation is 1. The fourth-order valence-electron chi connectivity index (χ4n) is 1.44. The molecule has 0 fully saturated rings. The summed E-state index contributed by atoms with van der Waals surface area (Å²) < 4.78 is 1.69. The molecule has 0 spiro atoms. The molecule has 0 aliphatic carbocycles. The molecule has 6 nitrogen and oxygen atoms in total. The van der Waals surface area contributed by atoms with Gasteiger partial charge in [-0.3, -0.25) is 4.68 Å². The zero-order chi connectivity index (χ0) is 12.5. The van der Waals surface area contributed by atoms with Crippen LogP contribution >= 0.6 is 24.0 Å². The van der Waals surface area contributed by atoms with E-state index in [9.17, 15) is 0 Å². The second-order valence-corrected chi connectivity index (χ2v) is 3.99. The van der Waals surface area contributed by atoms with E-state index in [1.54, 1.807) is 4.68 Å². The first-order chi connectivity index (χ1) is 8.24. The molecule has 1 aromatic heterocycles. The van der Waals surface area contributed by atoms with Crippen molar-refractivity contribution >= 4 is 29.9 Å². The maximum absolute atomic E-state index is 5.74. The third kappa shape index (κ3) is 6.77. The number of aromatic nitrogens is 3. The second-order valence-electron chi connectivity index (χ2n) is 3.99. The first kappa shape index (κ1) is 17.1. The number of nitrogens with two attached hydrogens (primary N) is 1. The summed E-state index contributed by atoms with van der Waals surface area (Å²) in [5.74, 6) is 1.28. The Morgan fingerprint density at radius 3 is 2.83 bits per heavy atom. The molecule has 3 N–H and O–H groups in total. The molecule has 0 saturated heterocycles. The van der Waals surface area contributed by atoms with Gasteiger partial charge < -0.3 is 11.1 Å².